The molecule has 0 bridgehead atoms. The third-order valence-corrected chi connectivity index (χ3v) is 4.02. The highest BCUT2D eigenvalue weighted by Crippen LogP contribution is 2.33. The number of nitrogens with one attached hydrogen (secondary N) is 1. The Balaban J connectivity index is 0.00000261. The molecule has 0 aliphatic rings. The molecular weight excluding hydrogens is 368 g/mol. The van der Waals surface area contributed by atoms with Crippen molar-refractivity contribution in [2.24, 2.45) is 0 Å². The van der Waals surface area contributed by atoms with Gasteiger partial charge in [-0.05, 0) is 43.3 Å². The number of rotatable bonds is 5. The lowest BCUT2D eigenvalue weighted by molar-refractivity contribution is 0.0601. The third kappa shape index (κ3) is 4.23. The predicted molar refractivity (Wildman–Crippen MR) is 108 cm³/mol. The molecule has 0 spiro atoms. The van der Waals surface area contributed by atoms with Crippen LogP contribution in [0.4, 0.5) is 11.4 Å². The highest BCUT2D eigenvalue weighted by Gasteiger charge is 2.11. The van der Waals surface area contributed by atoms with E-state index in [2.05, 4.69) is 10.3 Å². The number of hydrogen-bond acceptors (Lipinski definition) is 6. The number of pyridine rings is 1. The fourth-order valence-electron chi connectivity index (χ4n) is 2.78. The first kappa shape index (κ1) is 20.3. The van der Waals surface area contributed by atoms with Gasteiger partial charge in [0, 0.05) is 28.5 Å². The lowest BCUT2D eigenvalue weighted by atomic mass is 10.1. The molecular formula is C20H21ClN2O4. The second-order valence-electron chi connectivity index (χ2n) is 5.73. The van der Waals surface area contributed by atoms with Gasteiger partial charge in [-0.2, -0.15) is 0 Å². The van der Waals surface area contributed by atoms with E-state index < -0.39 is 0 Å². The van der Waals surface area contributed by atoms with Crippen LogP contribution in [0.15, 0.2) is 42.5 Å². The minimum Gasteiger partial charge on any atom is -0.493 e. The van der Waals surface area contributed by atoms with Crippen molar-refractivity contribution in [3.05, 3.63) is 53.7 Å². The zero-order chi connectivity index (χ0) is 18.7. The predicted octanol–water partition coefficient (Wildman–Crippen LogP) is 4.51. The molecule has 3 aromatic rings. The molecule has 0 saturated carbocycles. The van der Waals surface area contributed by atoms with Gasteiger partial charge in [-0.25, -0.2) is 4.79 Å². The monoisotopic (exact) mass is 388 g/mol. The van der Waals surface area contributed by atoms with Crippen LogP contribution in [0.25, 0.3) is 10.9 Å². The Kier molecular flexibility index (Phi) is 6.47. The molecule has 0 aliphatic heterocycles. The molecule has 2 aromatic carbocycles. The highest BCUT2D eigenvalue weighted by molar-refractivity contribution is 5.99. The smallest absolute Gasteiger partial charge is 0.337 e. The lowest BCUT2D eigenvalue weighted by Gasteiger charge is -2.14. The lowest BCUT2D eigenvalue weighted by Crippen LogP contribution is -2.02. The maximum absolute atomic E-state index is 11.9. The number of ether oxygens (including phenoxy) is 3. The first-order chi connectivity index (χ1) is 12.5. The van der Waals surface area contributed by atoms with E-state index in [4.69, 9.17) is 14.2 Å². The van der Waals surface area contributed by atoms with E-state index >= 15 is 0 Å². The van der Waals surface area contributed by atoms with Gasteiger partial charge < -0.3 is 19.5 Å². The number of esters is 1. The largest absolute Gasteiger partial charge is 0.493 e. The van der Waals surface area contributed by atoms with E-state index in [9.17, 15) is 4.79 Å². The van der Waals surface area contributed by atoms with Crippen LogP contribution in [0.5, 0.6) is 11.5 Å². The number of carbonyl (C=O) groups excluding carboxylic acids is 1. The molecule has 0 aliphatic carbocycles. The van der Waals surface area contributed by atoms with Crippen LogP contribution in [0, 0.1) is 6.92 Å². The Morgan fingerprint density at radius 2 is 1.70 bits per heavy atom. The molecule has 0 unspecified atom stereocenters. The standard InChI is InChI=1S/C20H20N2O4.ClH/c1-12-9-17(22-14-6-8-18(24-2)19(11-14)25-3)15-10-13(20(23)26-4)5-7-16(15)21-12;/h5-11H,1-4H3,(H,21,22);1H. The third-order valence-electron chi connectivity index (χ3n) is 4.02. The van der Waals surface area contributed by atoms with Crippen molar-refractivity contribution in [2.75, 3.05) is 26.6 Å². The normalized spacial score (nSPS) is 10.1. The minimum absolute atomic E-state index is 0. The van der Waals surface area contributed by atoms with Gasteiger partial charge in [0.05, 0.1) is 32.4 Å². The number of nitrogens with zero attached hydrogens (tertiary/aromatic N) is 1. The quantitative estimate of drug-likeness (QED) is 0.648. The Morgan fingerprint density at radius 3 is 2.37 bits per heavy atom. The molecule has 0 fully saturated rings. The summed E-state index contributed by atoms with van der Waals surface area (Å²) in [6.45, 7) is 1.92. The average molecular weight is 389 g/mol. The summed E-state index contributed by atoms with van der Waals surface area (Å²) in [5, 5.41) is 4.20. The summed E-state index contributed by atoms with van der Waals surface area (Å²) in [5.41, 5.74) is 3.80. The Morgan fingerprint density at radius 1 is 0.963 bits per heavy atom. The van der Waals surface area contributed by atoms with Crippen molar-refractivity contribution < 1.29 is 19.0 Å². The summed E-state index contributed by atoms with van der Waals surface area (Å²) in [6, 6.07) is 12.8. The topological polar surface area (TPSA) is 69.7 Å². The number of fused-ring (bicyclic) bond motifs is 1. The zero-order valence-electron chi connectivity index (χ0n) is 15.5. The molecule has 0 amide bonds. The van der Waals surface area contributed by atoms with E-state index in [1.807, 2.05) is 37.3 Å². The SMILES string of the molecule is COC(=O)c1ccc2nc(C)cc(Nc3ccc(OC)c(OC)c3)c2c1.Cl. The Bertz CT molecular complexity index is 976. The van der Waals surface area contributed by atoms with Crippen LogP contribution in [0.3, 0.4) is 0 Å². The summed E-state index contributed by atoms with van der Waals surface area (Å²) in [4.78, 5) is 16.4. The van der Waals surface area contributed by atoms with Gasteiger partial charge in [0.25, 0.3) is 0 Å². The number of methoxy groups -OCH3 is 3. The van der Waals surface area contributed by atoms with Crippen molar-refractivity contribution in [1.29, 1.82) is 0 Å². The molecule has 6 nitrogen and oxygen atoms in total. The van der Waals surface area contributed by atoms with E-state index in [0.29, 0.717) is 17.1 Å². The van der Waals surface area contributed by atoms with Crippen molar-refractivity contribution in [3.63, 3.8) is 0 Å². The summed E-state index contributed by atoms with van der Waals surface area (Å²) >= 11 is 0. The number of hydrogen-bond donors (Lipinski definition) is 1. The molecule has 27 heavy (non-hydrogen) atoms. The van der Waals surface area contributed by atoms with Gasteiger partial charge >= 0.3 is 5.97 Å². The number of aryl methyl sites for hydroxylation is 1. The maximum Gasteiger partial charge on any atom is 0.337 e. The molecule has 1 aromatic heterocycles. The average Bonchev–Trinajstić information content (AvgIpc) is 2.66. The molecule has 1 heterocycles. The Labute approximate surface area is 163 Å². The van der Waals surface area contributed by atoms with Gasteiger partial charge in [0.1, 0.15) is 0 Å². The van der Waals surface area contributed by atoms with Gasteiger partial charge in [-0.3, -0.25) is 4.98 Å². The summed E-state index contributed by atoms with van der Waals surface area (Å²) in [6.07, 6.45) is 0. The van der Waals surface area contributed by atoms with Crippen molar-refractivity contribution in [3.8, 4) is 11.5 Å². The van der Waals surface area contributed by atoms with Gasteiger partial charge in [-0.15, -0.1) is 12.4 Å². The van der Waals surface area contributed by atoms with Crippen LogP contribution >= 0.6 is 12.4 Å². The fraction of sp³-hybridized carbons (Fsp3) is 0.200. The molecule has 1 N–H and O–H groups in total. The first-order valence-electron chi connectivity index (χ1n) is 8.04. The number of benzene rings is 2. The number of aromatic nitrogens is 1. The molecule has 0 atom stereocenters. The second-order valence-corrected chi connectivity index (χ2v) is 5.73. The molecule has 0 saturated heterocycles. The van der Waals surface area contributed by atoms with Crippen LogP contribution in [-0.2, 0) is 4.74 Å². The maximum atomic E-state index is 11.9. The van der Waals surface area contributed by atoms with Gasteiger partial charge in [-0.1, -0.05) is 0 Å². The van der Waals surface area contributed by atoms with Gasteiger partial charge in [0.15, 0.2) is 11.5 Å². The van der Waals surface area contributed by atoms with Crippen molar-refractivity contribution in [1.82, 2.24) is 4.98 Å². The van der Waals surface area contributed by atoms with Crippen LogP contribution in [0.1, 0.15) is 16.1 Å². The van der Waals surface area contributed by atoms with E-state index in [-0.39, 0.29) is 18.4 Å². The summed E-state index contributed by atoms with van der Waals surface area (Å²) in [7, 11) is 4.55. The minimum atomic E-state index is -0.385. The van der Waals surface area contributed by atoms with E-state index in [1.54, 1.807) is 26.4 Å². The Hall–Kier alpha value is -2.99. The van der Waals surface area contributed by atoms with Crippen molar-refractivity contribution >= 4 is 40.7 Å². The summed E-state index contributed by atoms with van der Waals surface area (Å²) < 4.78 is 15.4. The zero-order valence-corrected chi connectivity index (χ0v) is 16.3. The highest BCUT2D eigenvalue weighted by atomic mass is 35.5. The fourth-order valence-corrected chi connectivity index (χ4v) is 2.78. The number of carbonyl (C=O) groups is 1. The molecule has 142 valence electrons. The second kappa shape index (κ2) is 8.60. The molecule has 0 radical (unpaired) electrons. The summed E-state index contributed by atoms with van der Waals surface area (Å²) in [5.74, 6) is 0.897. The van der Waals surface area contributed by atoms with Crippen LogP contribution in [0.2, 0.25) is 0 Å². The first-order valence-corrected chi connectivity index (χ1v) is 8.04. The number of anilines is 2. The molecule has 7 heteroatoms. The van der Waals surface area contributed by atoms with E-state index in [1.165, 1.54) is 7.11 Å². The van der Waals surface area contributed by atoms with Crippen LogP contribution in [-0.4, -0.2) is 32.3 Å². The molecule has 3 rings (SSSR count). The number of halogens is 1. The van der Waals surface area contributed by atoms with E-state index in [0.717, 1.165) is 28.0 Å². The van der Waals surface area contributed by atoms with Crippen LogP contribution < -0.4 is 14.8 Å². The van der Waals surface area contributed by atoms with Crippen molar-refractivity contribution in [2.45, 2.75) is 6.92 Å². The van der Waals surface area contributed by atoms with Gasteiger partial charge in [0.2, 0.25) is 0 Å².